The van der Waals surface area contributed by atoms with Crippen LogP contribution in [-0.4, -0.2) is 90.9 Å². The number of pyridine rings is 1. The van der Waals surface area contributed by atoms with Crippen LogP contribution in [0.3, 0.4) is 0 Å². The molecule has 3 N–H and O–H groups in total. The van der Waals surface area contributed by atoms with Crippen LogP contribution < -0.4 is 25.4 Å². The van der Waals surface area contributed by atoms with Crippen molar-refractivity contribution in [2.45, 2.75) is 95.2 Å². The van der Waals surface area contributed by atoms with Gasteiger partial charge in [-0.3, -0.25) is 19.7 Å². The summed E-state index contributed by atoms with van der Waals surface area (Å²) in [6.45, 7) is 15.4. The molecule has 0 saturated carbocycles. The first-order valence-electron chi connectivity index (χ1n) is 19.1. The second-order valence-electron chi connectivity index (χ2n) is 17.0. The maximum absolute atomic E-state index is 16.9. The number of nitrogens with one attached hydrogen (secondary N) is 3. The second-order valence-corrected chi connectivity index (χ2v) is 21.7. The number of ether oxygens (including phenoxy) is 2. The van der Waals surface area contributed by atoms with Crippen molar-refractivity contribution in [2.24, 2.45) is 0 Å². The number of alkyl halides is 1. The van der Waals surface area contributed by atoms with E-state index in [1.807, 2.05) is 31.2 Å². The first-order valence-corrected chi connectivity index (χ1v) is 22.0. The van der Waals surface area contributed by atoms with E-state index < -0.39 is 43.0 Å². The lowest BCUT2D eigenvalue weighted by atomic mass is 9.93. The van der Waals surface area contributed by atoms with Crippen molar-refractivity contribution < 1.29 is 27.5 Å². The van der Waals surface area contributed by atoms with Gasteiger partial charge in [0, 0.05) is 42.2 Å². The summed E-state index contributed by atoms with van der Waals surface area (Å²) in [5, 5.41) is 7.44. The summed E-state index contributed by atoms with van der Waals surface area (Å²) in [5.41, 5.74) is -0.755. The number of H-pyrrole nitrogens is 1. The fourth-order valence-electron chi connectivity index (χ4n) is 7.83. The first kappa shape index (κ1) is 38.7. The molecule has 3 fully saturated rings. The van der Waals surface area contributed by atoms with Gasteiger partial charge in [-0.1, -0.05) is 44.7 Å². The van der Waals surface area contributed by atoms with Gasteiger partial charge in [-0.2, -0.15) is 4.98 Å². The zero-order chi connectivity index (χ0) is 39.2. The number of aromatic nitrogens is 3. The Balaban J connectivity index is 1.25. The number of fused-ring (bicyclic) bond motifs is 3. The number of halogens is 2. The molecule has 5 heterocycles. The van der Waals surface area contributed by atoms with Crippen LogP contribution in [0.25, 0.3) is 32.9 Å². The Morgan fingerprint density at radius 3 is 2.78 bits per heavy atom. The Labute approximate surface area is 321 Å². The van der Waals surface area contributed by atoms with Gasteiger partial charge in [-0.25, -0.2) is 13.6 Å². The number of hydrogen-bond acceptors (Lipinski definition) is 9. The van der Waals surface area contributed by atoms with Gasteiger partial charge >= 0.3 is 6.09 Å². The molecule has 4 aromatic rings. The average Bonchev–Trinajstić information content (AvgIpc) is 3.64. The van der Waals surface area contributed by atoms with Crippen LogP contribution in [0, 0.1) is 17.7 Å². The van der Waals surface area contributed by atoms with E-state index in [-0.39, 0.29) is 40.9 Å². The van der Waals surface area contributed by atoms with E-state index >= 15 is 4.39 Å². The third-order valence-electron chi connectivity index (χ3n) is 11.8. The topological polar surface area (TPSA) is 131 Å². The molecule has 7 rings (SSSR count). The molecule has 3 aliphatic rings. The van der Waals surface area contributed by atoms with Crippen molar-refractivity contribution in [1.82, 2.24) is 30.5 Å². The quantitative estimate of drug-likeness (QED) is 0.130. The highest BCUT2D eigenvalue weighted by atomic mass is 28.4. The summed E-state index contributed by atoms with van der Waals surface area (Å²) in [4.78, 5) is 39.5. The summed E-state index contributed by atoms with van der Waals surface area (Å²) in [6.07, 6.45) is 3.66. The zero-order valence-corrected chi connectivity index (χ0v) is 33.5. The van der Waals surface area contributed by atoms with Crippen molar-refractivity contribution in [3.05, 3.63) is 58.3 Å². The molecular formula is C41H50F2N6O5Si. The summed E-state index contributed by atoms with van der Waals surface area (Å²) in [7, 11) is -2.34. The van der Waals surface area contributed by atoms with Crippen molar-refractivity contribution in [1.29, 1.82) is 0 Å². The lowest BCUT2D eigenvalue weighted by Gasteiger charge is -2.36. The molecule has 2 aromatic carbocycles. The van der Waals surface area contributed by atoms with Gasteiger partial charge in [0.25, 0.3) is 11.6 Å². The van der Waals surface area contributed by atoms with Gasteiger partial charge in [-0.05, 0) is 87.4 Å². The molecular weight excluding hydrogens is 723 g/mol. The van der Waals surface area contributed by atoms with Crippen LogP contribution in [0.1, 0.15) is 65.4 Å². The van der Waals surface area contributed by atoms with E-state index in [1.165, 1.54) is 6.20 Å². The standard InChI is InChI=1S/C41H50F2N6O5Si/c1-39(2,3)55(5,6)54-29-19-27-12-7-11-26(13-8-18-52-38(51)48-40(4)14-9-16-44-24-40)32(27)30(20-29)34-33(43)35-31(22-45-34)36(50)47-37(46-35)53-25-41-15-10-17-49(41)23-28(42)21-41/h7,11-12,19-20,22,28,44H,9-10,14-18,21,23-25H2,1-6H3,(H,48,51)(H,46,47,50)/t28-,40-,41+/m1/s1. The normalized spacial score (nSPS) is 22.9. The van der Waals surface area contributed by atoms with Crippen LogP contribution in [0.5, 0.6) is 11.8 Å². The van der Waals surface area contributed by atoms with Gasteiger partial charge in [0.2, 0.25) is 8.32 Å². The van der Waals surface area contributed by atoms with Crippen LogP contribution in [-0.2, 0) is 4.74 Å². The number of benzene rings is 2. The van der Waals surface area contributed by atoms with E-state index in [9.17, 15) is 14.0 Å². The van der Waals surface area contributed by atoms with Crippen molar-refractivity contribution in [2.75, 3.05) is 39.4 Å². The first-order chi connectivity index (χ1) is 26.1. The van der Waals surface area contributed by atoms with Gasteiger partial charge in [0.05, 0.1) is 16.5 Å². The lowest BCUT2D eigenvalue weighted by Crippen LogP contribution is -2.55. The lowest BCUT2D eigenvalue weighted by molar-refractivity contribution is 0.107. The highest BCUT2D eigenvalue weighted by Crippen LogP contribution is 2.42. The number of amides is 1. The smallest absolute Gasteiger partial charge is 0.408 e. The summed E-state index contributed by atoms with van der Waals surface area (Å²) >= 11 is 0. The Morgan fingerprint density at radius 2 is 2.02 bits per heavy atom. The second kappa shape index (κ2) is 14.8. The minimum Gasteiger partial charge on any atom is -0.543 e. The molecule has 0 spiro atoms. The van der Waals surface area contributed by atoms with E-state index in [2.05, 4.69) is 76.2 Å². The monoisotopic (exact) mass is 772 g/mol. The molecule has 292 valence electrons. The van der Waals surface area contributed by atoms with Gasteiger partial charge in [0.1, 0.15) is 29.7 Å². The molecule has 55 heavy (non-hydrogen) atoms. The minimum atomic E-state index is -2.34. The minimum absolute atomic E-state index is 0.0368. The molecule has 0 radical (unpaired) electrons. The number of carbonyl (C=O) groups excluding carboxylic acids is 1. The molecule has 14 heteroatoms. The predicted octanol–water partition coefficient (Wildman–Crippen LogP) is 6.84. The van der Waals surface area contributed by atoms with Crippen molar-refractivity contribution in [3.63, 3.8) is 0 Å². The van der Waals surface area contributed by atoms with Crippen LogP contribution in [0.2, 0.25) is 18.1 Å². The number of carbonyl (C=O) groups is 1. The maximum Gasteiger partial charge on any atom is 0.408 e. The molecule has 0 bridgehead atoms. The van der Waals surface area contributed by atoms with Gasteiger partial charge < -0.3 is 24.5 Å². The van der Waals surface area contributed by atoms with E-state index in [0.717, 1.165) is 44.2 Å². The third-order valence-corrected chi connectivity index (χ3v) is 16.2. The van der Waals surface area contributed by atoms with Crippen molar-refractivity contribution >= 4 is 36.1 Å². The number of alkyl carbamates (subject to hydrolysis) is 1. The molecule has 0 unspecified atom stereocenters. The summed E-state index contributed by atoms with van der Waals surface area (Å²) < 4.78 is 49.5. The molecule has 0 aliphatic carbocycles. The number of aromatic amines is 1. The summed E-state index contributed by atoms with van der Waals surface area (Å²) in [6, 6.07) is 9.10. The van der Waals surface area contributed by atoms with E-state index in [4.69, 9.17) is 13.9 Å². The molecule has 3 atom stereocenters. The van der Waals surface area contributed by atoms with Crippen molar-refractivity contribution in [3.8, 4) is 34.9 Å². The highest BCUT2D eigenvalue weighted by Gasteiger charge is 2.49. The Hall–Kier alpha value is -4.58. The predicted molar refractivity (Wildman–Crippen MR) is 211 cm³/mol. The number of nitrogens with zero attached hydrogens (tertiary/aromatic N) is 3. The Kier molecular flexibility index (Phi) is 10.4. The summed E-state index contributed by atoms with van der Waals surface area (Å²) in [5.74, 6) is 5.82. The molecule has 1 amide bonds. The Morgan fingerprint density at radius 1 is 1.20 bits per heavy atom. The SMILES string of the molecule is CC(C)(C)[Si](C)(C)Oc1cc(-c2ncc3c(=O)[nH]c(OC[C@@]45CCCN4C[C@H](F)C5)nc3c2F)c2c(C#CCOC(=O)N[C@]3(C)CCCNC3)cccc2c1. The van der Waals surface area contributed by atoms with E-state index in [1.54, 1.807) is 6.07 Å². The average molecular weight is 773 g/mol. The van der Waals surface area contributed by atoms with E-state index in [0.29, 0.717) is 41.8 Å². The van der Waals surface area contributed by atoms with Crippen LogP contribution in [0.15, 0.2) is 41.3 Å². The van der Waals surface area contributed by atoms with Gasteiger partial charge in [-0.15, -0.1) is 0 Å². The maximum atomic E-state index is 16.9. The highest BCUT2D eigenvalue weighted by molar-refractivity contribution is 6.74. The molecule has 3 aliphatic heterocycles. The largest absolute Gasteiger partial charge is 0.543 e. The van der Waals surface area contributed by atoms with Crippen LogP contribution >= 0.6 is 0 Å². The van der Waals surface area contributed by atoms with Crippen LogP contribution in [0.4, 0.5) is 13.6 Å². The fraction of sp³-hybridized carbons (Fsp3) is 0.512. The number of hydrogen-bond donors (Lipinski definition) is 3. The molecule has 2 aromatic heterocycles. The number of piperidine rings is 1. The molecule has 3 saturated heterocycles. The zero-order valence-electron chi connectivity index (χ0n) is 32.5. The molecule has 11 nitrogen and oxygen atoms in total. The van der Waals surface area contributed by atoms with Gasteiger partial charge in [0.15, 0.2) is 12.4 Å². The third kappa shape index (κ3) is 7.92. The fourth-order valence-corrected chi connectivity index (χ4v) is 8.84. The Bertz CT molecular complexity index is 2240. The number of rotatable bonds is 8.